The molecular formula is C13H29NSi. The first-order chi connectivity index (χ1) is 6.70. The van der Waals surface area contributed by atoms with Gasteiger partial charge in [0.1, 0.15) is 0 Å². The van der Waals surface area contributed by atoms with Gasteiger partial charge in [-0.1, -0.05) is 40.4 Å². The Morgan fingerprint density at radius 3 is 2.27 bits per heavy atom. The van der Waals surface area contributed by atoms with Gasteiger partial charge in [0, 0.05) is 14.1 Å². The van der Waals surface area contributed by atoms with Crippen molar-refractivity contribution in [3.63, 3.8) is 0 Å². The summed E-state index contributed by atoms with van der Waals surface area (Å²) in [4.78, 5) is 2.62. The minimum atomic E-state index is -0.940. The van der Waals surface area contributed by atoms with Crippen molar-refractivity contribution in [3.05, 3.63) is 0 Å². The fraction of sp³-hybridized carbons (Fsp3) is 1.00. The predicted molar refractivity (Wildman–Crippen MR) is 72.2 cm³/mol. The summed E-state index contributed by atoms with van der Waals surface area (Å²) in [7, 11) is 1.38. The molecule has 90 valence electrons. The summed E-state index contributed by atoms with van der Waals surface area (Å²) < 4.78 is 0. The van der Waals surface area contributed by atoms with E-state index in [0.717, 1.165) is 11.6 Å². The summed E-state index contributed by atoms with van der Waals surface area (Å²) >= 11 is 0. The Kier molecular flexibility index (Phi) is 3.72. The minimum absolute atomic E-state index is 0.633. The van der Waals surface area contributed by atoms with Gasteiger partial charge in [-0.25, -0.2) is 0 Å². The van der Waals surface area contributed by atoms with Crippen molar-refractivity contribution in [3.8, 4) is 0 Å². The first-order valence-corrected chi connectivity index (χ1v) is 9.98. The highest BCUT2D eigenvalue weighted by molar-refractivity contribution is 6.77. The molecule has 1 nitrogen and oxygen atoms in total. The molecule has 0 aromatic rings. The Morgan fingerprint density at radius 2 is 1.93 bits per heavy atom. The van der Waals surface area contributed by atoms with Crippen LogP contribution in [0.1, 0.15) is 33.6 Å². The first kappa shape index (κ1) is 13.2. The minimum Gasteiger partial charge on any atom is -0.303 e. The van der Waals surface area contributed by atoms with E-state index in [4.69, 9.17) is 0 Å². The Labute approximate surface area is 97.3 Å². The van der Waals surface area contributed by atoms with E-state index in [9.17, 15) is 0 Å². The van der Waals surface area contributed by atoms with E-state index in [1.54, 1.807) is 0 Å². The summed E-state index contributed by atoms with van der Waals surface area (Å²) in [6.07, 6.45) is 2.75. The molecule has 0 saturated heterocycles. The maximum atomic E-state index is 2.62. The van der Waals surface area contributed by atoms with Crippen molar-refractivity contribution in [2.45, 2.75) is 64.8 Å². The molecule has 3 atom stereocenters. The van der Waals surface area contributed by atoms with Crippen molar-refractivity contribution >= 4 is 8.07 Å². The second-order valence-electron chi connectivity index (χ2n) is 6.93. The third-order valence-corrected chi connectivity index (χ3v) is 7.82. The van der Waals surface area contributed by atoms with Gasteiger partial charge >= 0.3 is 0 Å². The molecule has 0 aromatic heterocycles. The molecule has 0 heterocycles. The lowest BCUT2D eigenvalue weighted by atomic mass is 10.1. The monoisotopic (exact) mass is 227 g/mol. The Balaban J connectivity index is 2.42. The molecule has 1 aliphatic carbocycles. The van der Waals surface area contributed by atoms with Crippen LogP contribution < -0.4 is 0 Å². The molecule has 15 heavy (non-hydrogen) atoms. The van der Waals surface area contributed by atoms with E-state index in [2.05, 4.69) is 52.4 Å². The molecule has 0 radical (unpaired) electrons. The molecule has 0 aliphatic heterocycles. The SMILES string of the molecule is CC[C@]1(C)CC1N(C)CC(C)[Si](C)(C)C. The van der Waals surface area contributed by atoms with Crippen molar-refractivity contribution in [2.75, 3.05) is 13.6 Å². The molecule has 1 aliphatic rings. The highest BCUT2D eigenvalue weighted by atomic mass is 28.3. The van der Waals surface area contributed by atoms with Crippen LogP contribution in [0.15, 0.2) is 0 Å². The van der Waals surface area contributed by atoms with Crippen LogP contribution in [-0.4, -0.2) is 32.6 Å². The molecule has 0 spiro atoms. The van der Waals surface area contributed by atoms with E-state index >= 15 is 0 Å². The van der Waals surface area contributed by atoms with Gasteiger partial charge in [-0.15, -0.1) is 0 Å². The van der Waals surface area contributed by atoms with Crippen LogP contribution in [0.3, 0.4) is 0 Å². The summed E-state index contributed by atoms with van der Waals surface area (Å²) in [5.41, 5.74) is 1.54. The maximum Gasteiger partial charge on any atom is 0.0484 e. The van der Waals surface area contributed by atoms with E-state index in [0.29, 0.717) is 5.41 Å². The summed E-state index contributed by atoms with van der Waals surface area (Å²) in [6.45, 7) is 16.0. The summed E-state index contributed by atoms with van der Waals surface area (Å²) in [5, 5.41) is 0. The normalized spacial score (nSPS) is 33.2. The summed E-state index contributed by atoms with van der Waals surface area (Å²) in [5.74, 6) is 0. The molecule has 0 amide bonds. The van der Waals surface area contributed by atoms with Crippen LogP contribution in [0, 0.1) is 5.41 Å². The average molecular weight is 227 g/mol. The smallest absolute Gasteiger partial charge is 0.0484 e. The van der Waals surface area contributed by atoms with E-state index in [-0.39, 0.29) is 0 Å². The molecule has 0 N–H and O–H groups in total. The fourth-order valence-electron chi connectivity index (χ4n) is 2.28. The van der Waals surface area contributed by atoms with E-state index in [1.807, 2.05) is 0 Å². The second-order valence-corrected chi connectivity index (χ2v) is 12.7. The van der Waals surface area contributed by atoms with Gasteiger partial charge in [-0.2, -0.15) is 0 Å². The Morgan fingerprint density at radius 1 is 1.40 bits per heavy atom. The quantitative estimate of drug-likeness (QED) is 0.645. The van der Waals surface area contributed by atoms with Crippen LogP contribution >= 0.6 is 0 Å². The lowest BCUT2D eigenvalue weighted by Gasteiger charge is -2.30. The zero-order chi connectivity index (χ0) is 11.9. The maximum absolute atomic E-state index is 2.62. The predicted octanol–water partition coefficient (Wildman–Crippen LogP) is 3.84. The number of hydrogen-bond acceptors (Lipinski definition) is 1. The van der Waals surface area contributed by atoms with Gasteiger partial charge in [0.05, 0.1) is 0 Å². The third kappa shape index (κ3) is 3.07. The number of nitrogens with zero attached hydrogens (tertiary/aromatic N) is 1. The second kappa shape index (κ2) is 4.21. The Hall–Kier alpha value is 0.177. The highest BCUT2D eigenvalue weighted by Crippen LogP contribution is 2.51. The Bertz CT molecular complexity index is 221. The number of rotatable bonds is 5. The van der Waals surface area contributed by atoms with Crippen LogP contribution in [0.4, 0.5) is 0 Å². The van der Waals surface area contributed by atoms with Crippen LogP contribution in [0.5, 0.6) is 0 Å². The highest BCUT2D eigenvalue weighted by Gasteiger charge is 2.50. The van der Waals surface area contributed by atoms with Gasteiger partial charge in [0.25, 0.3) is 0 Å². The van der Waals surface area contributed by atoms with Crippen molar-refractivity contribution < 1.29 is 0 Å². The molecule has 0 bridgehead atoms. The van der Waals surface area contributed by atoms with Crippen molar-refractivity contribution in [1.29, 1.82) is 0 Å². The number of hydrogen-bond donors (Lipinski definition) is 0. The van der Waals surface area contributed by atoms with Gasteiger partial charge in [0.15, 0.2) is 0 Å². The lowest BCUT2D eigenvalue weighted by molar-refractivity contribution is 0.275. The van der Waals surface area contributed by atoms with Crippen LogP contribution in [-0.2, 0) is 0 Å². The lowest BCUT2D eigenvalue weighted by Crippen LogP contribution is -2.36. The van der Waals surface area contributed by atoms with E-state index < -0.39 is 8.07 Å². The van der Waals surface area contributed by atoms with Gasteiger partial charge < -0.3 is 4.90 Å². The van der Waals surface area contributed by atoms with Crippen LogP contribution in [0.2, 0.25) is 25.2 Å². The average Bonchev–Trinajstić information content (AvgIpc) is 2.77. The third-order valence-electron chi connectivity index (χ3n) is 4.68. The zero-order valence-electron chi connectivity index (χ0n) is 11.7. The van der Waals surface area contributed by atoms with Gasteiger partial charge in [-0.3, -0.25) is 0 Å². The first-order valence-electron chi connectivity index (χ1n) is 6.41. The topological polar surface area (TPSA) is 3.24 Å². The molecular weight excluding hydrogens is 198 g/mol. The molecule has 1 saturated carbocycles. The standard InChI is InChI=1S/C13H29NSi/c1-8-13(3)9-12(13)14(4)10-11(2)15(5,6)7/h11-12H,8-10H2,1-7H3/t11?,12?,13-/m1/s1. The summed E-state index contributed by atoms with van der Waals surface area (Å²) in [6, 6.07) is 0.862. The van der Waals surface area contributed by atoms with Crippen LogP contribution in [0.25, 0.3) is 0 Å². The molecule has 2 heteroatoms. The van der Waals surface area contributed by atoms with Gasteiger partial charge in [0.2, 0.25) is 0 Å². The van der Waals surface area contributed by atoms with Gasteiger partial charge in [-0.05, 0) is 37.4 Å². The molecule has 2 unspecified atom stereocenters. The largest absolute Gasteiger partial charge is 0.303 e. The molecule has 1 rings (SSSR count). The molecule has 0 aromatic carbocycles. The van der Waals surface area contributed by atoms with Crippen molar-refractivity contribution in [2.24, 2.45) is 5.41 Å². The fourth-order valence-corrected chi connectivity index (χ4v) is 3.12. The molecule has 1 fully saturated rings. The zero-order valence-corrected chi connectivity index (χ0v) is 12.7. The van der Waals surface area contributed by atoms with Crippen molar-refractivity contribution in [1.82, 2.24) is 4.90 Å². The van der Waals surface area contributed by atoms with E-state index in [1.165, 1.54) is 19.4 Å².